The fourth-order valence-electron chi connectivity index (χ4n) is 0.783. The zero-order valence-electron chi connectivity index (χ0n) is 8.04. The summed E-state index contributed by atoms with van der Waals surface area (Å²) in [6.07, 6.45) is 1.29. The van der Waals surface area contributed by atoms with Crippen molar-refractivity contribution in [1.82, 2.24) is 0 Å². The average molecular weight is 187 g/mol. The van der Waals surface area contributed by atoms with Crippen molar-refractivity contribution in [3.8, 4) is 6.07 Å². The van der Waals surface area contributed by atoms with Gasteiger partial charge in [0, 0.05) is 28.2 Å². The van der Waals surface area contributed by atoms with Gasteiger partial charge in [-0.05, 0) is 12.3 Å². The molecule has 0 aromatic heterocycles. The maximum Gasteiger partial charge on any atom is 0.0622 e. The molecule has 0 aliphatic rings. The van der Waals surface area contributed by atoms with E-state index in [2.05, 4.69) is 19.9 Å². The molecule has 0 fully saturated rings. The molecular weight excluding hydrogens is 170 g/mol. The van der Waals surface area contributed by atoms with Gasteiger partial charge in [-0.2, -0.15) is 5.26 Å². The van der Waals surface area contributed by atoms with Gasteiger partial charge in [0.1, 0.15) is 0 Å². The van der Waals surface area contributed by atoms with Gasteiger partial charge >= 0.3 is 0 Å². The Morgan fingerprint density at radius 2 is 2.00 bits per heavy atom. The molecule has 12 heavy (non-hydrogen) atoms. The van der Waals surface area contributed by atoms with Crippen LogP contribution in [0.2, 0.25) is 0 Å². The third-order valence-electron chi connectivity index (χ3n) is 1.99. The highest BCUT2D eigenvalue weighted by Gasteiger charge is 2.13. The minimum atomic E-state index is -0.747. The van der Waals surface area contributed by atoms with Crippen LogP contribution < -0.4 is 0 Å². The summed E-state index contributed by atoms with van der Waals surface area (Å²) in [4.78, 5) is 0. The normalized spacial score (nSPS) is 15.6. The lowest BCUT2D eigenvalue weighted by Gasteiger charge is -2.14. The third-order valence-corrected chi connectivity index (χ3v) is 4.05. The minimum absolute atomic E-state index is 0.253. The summed E-state index contributed by atoms with van der Waals surface area (Å²) in [5.41, 5.74) is 0. The van der Waals surface area contributed by atoms with Crippen molar-refractivity contribution in [1.29, 1.82) is 5.26 Å². The van der Waals surface area contributed by atoms with Crippen LogP contribution in [0.1, 0.15) is 33.6 Å². The molecule has 2 nitrogen and oxygen atoms in total. The Morgan fingerprint density at radius 1 is 1.42 bits per heavy atom. The van der Waals surface area contributed by atoms with E-state index in [9.17, 15) is 4.21 Å². The molecule has 70 valence electrons. The summed E-state index contributed by atoms with van der Waals surface area (Å²) < 4.78 is 11.5. The van der Waals surface area contributed by atoms with Gasteiger partial charge in [-0.15, -0.1) is 0 Å². The zero-order valence-corrected chi connectivity index (χ0v) is 8.86. The van der Waals surface area contributed by atoms with Crippen molar-refractivity contribution in [3.05, 3.63) is 0 Å². The quantitative estimate of drug-likeness (QED) is 0.618. The Kier molecular flexibility index (Phi) is 6.00. The molecule has 0 amide bonds. The second-order valence-corrected chi connectivity index (χ2v) is 5.21. The van der Waals surface area contributed by atoms with Crippen LogP contribution in [0, 0.1) is 17.2 Å². The molecule has 3 heteroatoms. The van der Waals surface area contributed by atoms with Crippen LogP contribution in [0.15, 0.2) is 0 Å². The Bertz CT molecular complexity index is 183. The van der Waals surface area contributed by atoms with Gasteiger partial charge in [-0.25, -0.2) is 0 Å². The lowest BCUT2D eigenvalue weighted by Crippen LogP contribution is -2.19. The van der Waals surface area contributed by atoms with Crippen molar-refractivity contribution in [2.75, 3.05) is 5.75 Å². The Hall–Kier alpha value is -0.360. The summed E-state index contributed by atoms with van der Waals surface area (Å²) in [6, 6.07) is 2.06. The van der Waals surface area contributed by atoms with Crippen LogP contribution in [0.25, 0.3) is 0 Å². The van der Waals surface area contributed by atoms with E-state index in [1.807, 2.05) is 6.92 Å². The van der Waals surface area contributed by atoms with Gasteiger partial charge in [-0.1, -0.05) is 20.8 Å². The third kappa shape index (κ3) is 4.50. The minimum Gasteiger partial charge on any atom is -0.259 e. The van der Waals surface area contributed by atoms with Crippen molar-refractivity contribution in [2.45, 2.75) is 38.9 Å². The SMILES string of the molecule is CC(C)C(C)S(=O)CCCC#N. The predicted octanol–water partition coefficient (Wildman–Crippen LogP) is 2.08. The van der Waals surface area contributed by atoms with Crippen molar-refractivity contribution in [2.24, 2.45) is 5.92 Å². The van der Waals surface area contributed by atoms with Crippen LogP contribution in [-0.2, 0) is 10.8 Å². The Labute approximate surface area is 77.4 Å². The number of hydrogen-bond donors (Lipinski definition) is 0. The fourth-order valence-corrected chi connectivity index (χ4v) is 2.19. The van der Waals surface area contributed by atoms with Crippen LogP contribution in [0.3, 0.4) is 0 Å². The molecule has 0 bridgehead atoms. The number of rotatable bonds is 5. The number of nitriles is 1. The molecule has 0 aliphatic carbocycles. The summed E-state index contributed by atoms with van der Waals surface area (Å²) in [6.45, 7) is 6.16. The van der Waals surface area contributed by atoms with Gasteiger partial charge in [-0.3, -0.25) is 4.21 Å². The van der Waals surface area contributed by atoms with Gasteiger partial charge < -0.3 is 0 Å². The van der Waals surface area contributed by atoms with E-state index in [1.54, 1.807) is 0 Å². The largest absolute Gasteiger partial charge is 0.259 e. The fraction of sp³-hybridized carbons (Fsp3) is 0.889. The average Bonchev–Trinajstić information content (AvgIpc) is 2.03. The Balaban J connectivity index is 3.66. The van der Waals surface area contributed by atoms with E-state index < -0.39 is 10.8 Å². The van der Waals surface area contributed by atoms with Gasteiger partial charge in [0.25, 0.3) is 0 Å². The first kappa shape index (κ1) is 11.6. The van der Waals surface area contributed by atoms with Crippen LogP contribution in [-0.4, -0.2) is 15.2 Å². The molecule has 0 N–H and O–H groups in total. The van der Waals surface area contributed by atoms with E-state index in [-0.39, 0.29) is 5.25 Å². The zero-order chi connectivity index (χ0) is 9.56. The van der Waals surface area contributed by atoms with Crippen LogP contribution >= 0.6 is 0 Å². The van der Waals surface area contributed by atoms with E-state index in [0.29, 0.717) is 18.1 Å². The Morgan fingerprint density at radius 3 is 2.42 bits per heavy atom. The second-order valence-electron chi connectivity index (χ2n) is 3.30. The lowest BCUT2D eigenvalue weighted by molar-refractivity contribution is 0.604. The van der Waals surface area contributed by atoms with Crippen molar-refractivity contribution < 1.29 is 4.21 Å². The van der Waals surface area contributed by atoms with E-state index >= 15 is 0 Å². The molecule has 0 rings (SSSR count). The molecule has 0 aromatic rings. The lowest BCUT2D eigenvalue weighted by atomic mass is 10.2. The van der Waals surface area contributed by atoms with Gasteiger partial charge in [0.05, 0.1) is 6.07 Å². The molecule has 0 radical (unpaired) electrons. The highest BCUT2D eigenvalue weighted by molar-refractivity contribution is 7.85. The maximum atomic E-state index is 11.5. The highest BCUT2D eigenvalue weighted by Crippen LogP contribution is 2.09. The predicted molar refractivity (Wildman–Crippen MR) is 52.2 cm³/mol. The second kappa shape index (κ2) is 6.19. The van der Waals surface area contributed by atoms with Crippen LogP contribution in [0.5, 0.6) is 0 Å². The molecule has 0 saturated heterocycles. The van der Waals surface area contributed by atoms with E-state index in [1.165, 1.54) is 0 Å². The first-order valence-corrected chi connectivity index (χ1v) is 5.72. The molecule has 2 unspecified atom stereocenters. The van der Waals surface area contributed by atoms with Gasteiger partial charge in [0.15, 0.2) is 0 Å². The molecular formula is C9H17NOS. The smallest absolute Gasteiger partial charge is 0.0622 e. The molecule has 0 aromatic carbocycles. The molecule has 0 aliphatic heterocycles. The summed E-state index contributed by atoms with van der Waals surface area (Å²) in [7, 11) is -0.747. The molecule has 2 atom stereocenters. The maximum absolute atomic E-state index is 11.5. The van der Waals surface area contributed by atoms with E-state index in [4.69, 9.17) is 5.26 Å². The number of nitrogens with zero attached hydrogens (tertiary/aromatic N) is 1. The molecule has 0 heterocycles. The first-order valence-electron chi connectivity index (χ1n) is 4.33. The number of hydrogen-bond acceptors (Lipinski definition) is 2. The summed E-state index contributed by atoms with van der Waals surface area (Å²) in [5, 5.41) is 8.53. The van der Waals surface area contributed by atoms with Crippen LogP contribution in [0.4, 0.5) is 0 Å². The number of unbranched alkanes of at least 4 members (excludes halogenated alkanes) is 1. The van der Waals surface area contributed by atoms with Crippen molar-refractivity contribution >= 4 is 10.8 Å². The van der Waals surface area contributed by atoms with Crippen molar-refractivity contribution in [3.63, 3.8) is 0 Å². The molecule has 0 saturated carbocycles. The summed E-state index contributed by atoms with van der Waals surface area (Å²) in [5.74, 6) is 1.14. The monoisotopic (exact) mass is 187 g/mol. The standard InChI is InChI=1S/C9H17NOS/c1-8(2)9(3)12(11)7-5-4-6-10/h8-9H,4-5,7H2,1-3H3. The highest BCUT2D eigenvalue weighted by atomic mass is 32.2. The van der Waals surface area contributed by atoms with E-state index in [0.717, 1.165) is 6.42 Å². The molecule has 0 spiro atoms. The topological polar surface area (TPSA) is 40.9 Å². The summed E-state index contributed by atoms with van der Waals surface area (Å²) >= 11 is 0. The van der Waals surface area contributed by atoms with Gasteiger partial charge in [0.2, 0.25) is 0 Å². The first-order chi connectivity index (χ1) is 5.59.